The maximum Gasteiger partial charge on any atom is 0.409 e. The van der Waals surface area contributed by atoms with E-state index in [1.165, 1.54) is 36.0 Å². The van der Waals surface area contributed by atoms with E-state index >= 15 is 0 Å². The monoisotopic (exact) mass is 346 g/mol. The predicted molar refractivity (Wildman–Crippen MR) is 84.8 cm³/mol. The quantitative estimate of drug-likeness (QED) is 0.606. The summed E-state index contributed by atoms with van der Waals surface area (Å²) in [5.74, 6) is 0. The lowest BCUT2D eigenvalue weighted by molar-refractivity contribution is 0.0917. The molecule has 138 valence electrons. The van der Waals surface area contributed by atoms with Crippen molar-refractivity contribution in [3.63, 3.8) is 0 Å². The maximum atomic E-state index is 11.9. The minimum atomic E-state index is -0.514. The second-order valence-corrected chi connectivity index (χ2v) is 5.12. The molecule has 24 heavy (non-hydrogen) atoms. The Labute approximate surface area is 141 Å². The van der Waals surface area contributed by atoms with E-state index in [9.17, 15) is 14.4 Å². The number of nitrogens with one attached hydrogen (secondary N) is 1. The van der Waals surface area contributed by atoms with E-state index in [0.29, 0.717) is 39.3 Å². The van der Waals surface area contributed by atoms with Gasteiger partial charge in [0, 0.05) is 52.4 Å². The smallest absolute Gasteiger partial charge is 0.409 e. The van der Waals surface area contributed by atoms with Crippen molar-refractivity contribution in [1.82, 2.24) is 20.0 Å². The number of rotatable bonds is 0. The second kappa shape index (κ2) is 10.5. The van der Waals surface area contributed by atoms with Crippen LogP contribution in [0.2, 0.25) is 0 Å². The van der Waals surface area contributed by atoms with Gasteiger partial charge in [-0.3, -0.25) is 0 Å². The summed E-state index contributed by atoms with van der Waals surface area (Å²) in [6, 6.07) is 0. The van der Waals surface area contributed by atoms with Crippen molar-refractivity contribution < 1.29 is 28.6 Å². The fourth-order valence-corrected chi connectivity index (χ4v) is 2.31. The Morgan fingerprint density at radius 2 is 0.917 bits per heavy atom. The average Bonchev–Trinajstić information content (AvgIpc) is 2.60. The summed E-state index contributed by atoms with van der Waals surface area (Å²) in [6.07, 6.45) is -1.41. The van der Waals surface area contributed by atoms with Gasteiger partial charge in [0.2, 0.25) is 0 Å². The molecule has 1 heterocycles. The first kappa shape index (κ1) is 19.8. The summed E-state index contributed by atoms with van der Waals surface area (Å²) in [6.45, 7) is 3.11. The van der Waals surface area contributed by atoms with Crippen LogP contribution in [0, 0.1) is 0 Å². The van der Waals surface area contributed by atoms with Crippen molar-refractivity contribution in [2.45, 2.75) is 0 Å². The molecule has 1 rings (SSSR count). The number of carbonyl (C=O) groups is 3. The van der Waals surface area contributed by atoms with Crippen LogP contribution in [0.5, 0.6) is 0 Å². The molecule has 0 radical (unpaired) electrons. The molecule has 0 atom stereocenters. The average molecular weight is 346 g/mol. The van der Waals surface area contributed by atoms with Gasteiger partial charge >= 0.3 is 18.3 Å². The van der Waals surface area contributed by atoms with Gasteiger partial charge in [-0.2, -0.15) is 0 Å². The Hall–Kier alpha value is -2.23. The highest BCUT2D eigenvalue weighted by Crippen LogP contribution is 2.01. The summed E-state index contributed by atoms with van der Waals surface area (Å²) in [5.41, 5.74) is 0. The van der Waals surface area contributed by atoms with Crippen molar-refractivity contribution in [2.24, 2.45) is 0 Å². The minimum Gasteiger partial charge on any atom is -0.453 e. The molecule has 1 N–H and O–H groups in total. The van der Waals surface area contributed by atoms with E-state index in [1.807, 2.05) is 0 Å². The Morgan fingerprint density at radius 1 is 0.625 bits per heavy atom. The van der Waals surface area contributed by atoms with Crippen LogP contribution in [0.4, 0.5) is 14.4 Å². The van der Waals surface area contributed by atoms with Gasteiger partial charge in [0.15, 0.2) is 0 Å². The van der Waals surface area contributed by atoms with Gasteiger partial charge < -0.3 is 34.2 Å². The number of carbonyl (C=O) groups excluding carboxylic acids is 3. The lowest BCUT2D eigenvalue weighted by Crippen LogP contribution is -2.48. The van der Waals surface area contributed by atoms with Crippen LogP contribution in [0.1, 0.15) is 0 Å². The van der Waals surface area contributed by atoms with Gasteiger partial charge in [-0.25, -0.2) is 14.4 Å². The molecular weight excluding hydrogens is 320 g/mol. The van der Waals surface area contributed by atoms with Crippen LogP contribution < -0.4 is 5.32 Å². The number of hydrogen-bond acceptors (Lipinski definition) is 7. The first-order valence-electron chi connectivity index (χ1n) is 7.72. The summed E-state index contributed by atoms with van der Waals surface area (Å²) < 4.78 is 14.3. The van der Waals surface area contributed by atoms with E-state index in [2.05, 4.69) is 5.32 Å². The van der Waals surface area contributed by atoms with Crippen molar-refractivity contribution in [2.75, 3.05) is 73.7 Å². The molecule has 1 fully saturated rings. The summed E-state index contributed by atoms with van der Waals surface area (Å²) in [4.78, 5) is 39.9. The van der Waals surface area contributed by atoms with Crippen LogP contribution in [-0.4, -0.2) is 107 Å². The van der Waals surface area contributed by atoms with Gasteiger partial charge in [-0.15, -0.1) is 0 Å². The molecule has 1 aliphatic heterocycles. The van der Waals surface area contributed by atoms with Gasteiger partial charge in [-0.05, 0) is 0 Å². The maximum absolute atomic E-state index is 11.9. The third-order valence-electron chi connectivity index (χ3n) is 3.70. The topological polar surface area (TPSA) is 101 Å². The molecule has 0 aliphatic carbocycles. The first-order chi connectivity index (χ1) is 11.5. The van der Waals surface area contributed by atoms with Gasteiger partial charge in [0.05, 0.1) is 21.3 Å². The predicted octanol–water partition coefficient (Wildman–Crippen LogP) is -0.205. The molecule has 0 saturated carbocycles. The standard InChI is InChI=1S/C14H26N4O6/c1-22-12(19)16-6-4-15-5-7-17(13(20)23-2)9-11-18(10-8-16)14(21)24-3/h15H,4-11H2,1-3H3. The number of ether oxygens (including phenoxy) is 3. The zero-order valence-electron chi connectivity index (χ0n) is 14.4. The Balaban J connectivity index is 2.80. The lowest BCUT2D eigenvalue weighted by atomic mass is 10.4. The molecule has 0 bridgehead atoms. The highest BCUT2D eigenvalue weighted by Gasteiger charge is 2.22. The van der Waals surface area contributed by atoms with Crippen LogP contribution in [0.15, 0.2) is 0 Å². The fraction of sp³-hybridized carbons (Fsp3) is 0.786. The molecule has 10 nitrogen and oxygen atoms in total. The number of methoxy groups -OCH3 is 3. The van der Waals surface area contributed by atoms with E-state index in [-0.39, 0.29) is 13.1 Å². The van der Waals surface area contributed by atoms with Crippen LogP contribution in [0.25, 0.3) is 0 Å². The molecule has 0 unspecified atom stereocenters. The third kappa shape index (κ3) is 6.11. The van der Waals surface area contributed by atoms with Gasteiger partial charge in [-0.1, -0.05) is 0 Å². The fourth-order valence-electron chi connectivity index (χ4n) is 2.31. The Morgan fingerprint density at radius 3 is 1.21 bits per heavy atom. The molecule has 0 aromatic rings. The second-order valence-electron chi connectivity index (χ2n) is 5.12. The third-order valence-corrected chi connectivity index (χ3v) is 3.70. The summed E-state index contributed by atoms with van der Waals surface area (Å²) >= 11 is 0. The SMILES string of the molecule is COC(=O)N1CCNCCN(C(=O)OC)CCN(C(=O)OC)CC1. The van der Waals surface area contributed by atoms with Gasteiger partial charge in [0.1, 0.15) is 0 Å². The number of amides is 3. The van der Waals surface area contributed by atoms with E-state index in [4.69, 9.17) is 14.2 Å². The van der Waals surface area contributed by atoms with Crippen LogP contribution in [-0.2, 0) is 14.2 Å². The molecule has 0 aromatic carbocycles. The Kier molecular flexibility index (Phi) is 8.69. The zero-order chi connectivity index (χ0) is 17.9. The minimum absolute atomic E-state index is 0.275. The van der Waals surface area contributed by atoms with E-state index in [1.54, 1.807) is 0 Å². The molecular formula is C14H26N4O6. The Bertz CT molecular complexity index is 403. The van der Waals surface area contributed by atoms with Crippen molar-refractivity contribution in [3.8, 4) is 0 Å². The van der Waals surface area contributed by atoms with Crippen LogP contribution >= 0.6 is 0 Å². The highest BCUT2D eigenvalue weighted by atomic mass is 16.6. The first-order valence-corrected chi connectivity index (χ1v) is 7.72. The largest absolute Gasteiger partial charge is 0.453 e. The molecule has 10 heteroatoms. The lowest BCUT2D eigenvalue weighted by Gasteiger charge is -2.30. The number of nitrogens with zero attached hydrogens (tertiary/aromatic N) is 3. The summed E-state index contributed by atoms with van der Waals surface area (Å²) in [5, 5.41) is 3.16. The van der Waals surface area contributed by atoms with Gasteiger partial charge in [0.25, 0.3) is 0 Å². The van der Waals surface area contributed by atoms with Crippen LogP contribution in [0.3, 0.4) is 0 Å². The van der Waals surface area contributed by atoms with Crippen molar-refractivity contribution in [3.05, 3.63) is 0 Å². The molecule has 1 aliphatic rings. The number of hydrogen-bond donors (Lipinski definition) is 1. The summed E-state index contributed by atoms with van der Waals surface area (Å²) in [7, 11) is 3.93. The van der Waals surface area contributed by atoms with Crippen molar-refractivity contribution >= 4 is 18.3 Å². The molecule has 0 aromatic heterocycles. The normalized spacial score (nSPS) is 17.4. The molecule has 0 spiro atoms. The zero-order valence-corrected chi connectivity index (χ0v) is 14.4. The van der Waals surface area contributed by atoms with E-state index < -0.39 is 18.3 Å². The molecule has 1 saturated heterocycles. The molecule has 3 amide bonds. The van der Waals surface area contributed by atoms with Crippen molar-refractivity contribution in [1.29, 1.82) is 0 Å². The van der Waals surface area contributed by atoms with E-state index in [0.717, 1.165) is 0 Å². The highest BCUT2D eigenvalue weighted by molar-refractivity contribution is 5.69.